The Labute approximate surface area is 138 Å². The minimum atomic E-state index is -0.706. The fourth-order valence-electron chi connectivity index (χ4n) is 2.73. The number of carbonyl (C=O) groups is 1. The second-order valence-electron chi connectivity index (χ2n) is 5.84. The van der Waals surface area contributed by atoms with Gasteiger partial charge >= 0.3 is 5.97 Å². The number of aliphatic hydroxyl groups is 1. The lowest BCUT2D eigenvalue weighted by atomic mass is 10.0. The molecule has 0 aliphatic heterocycles. The molecule has 0 atom stereocenters. The predicted molar refractivity (Wildman–Crippen MR) is 88.5 cm³/mol. The van der Waals surface area contributed by atoms with E-state index in [0.29, 0.717) is 5.52 Å². The van der Waals surface area contributed by atoms with Crippen molar-refractivity contribution >= 4 is 22.4 Å². The monoisotopic (exact) mass is 331 g/mol. The fourth-order valence-corrected chi connectivity index (χ4v) is 2.73. The van der Waals surface area contributed by atoms with E-state index < -0.39 is 17.2 Å². The maximum Gasteiger partial charge on any atom is 0.343 e. The van der Waals surface area contributed by atoms with E-state index >= 15 is 0 Å². The molecule has 24 heavy (non-hydrogen) atoms. The lowest BCUT2D eigenvalue weighted by Crippen LogP contribution is -2.21. The smallest absolute Gasteiger partial charge is 0.343 e. The van der Waals surface area contributed by atoms with Gasteiger partial charge in [0.25, 0.3) is 0 Å². The lowest BCUT2D eigenvalue weighted by Gasteiger charge is -2.14. The van der Waals surface area contributed by atoms with E-state index in [-0.39, 0.29) is 41.3 Å². The molecule has 0 unspecified atom stereocenters. The van der Waals surface area contributed by atoms with Crippen LogP contribution in [0.1, 0.15) is 41.7 Å². The van der Waals surface area contributed by atoms with Crippen LogP contribution in [-0.2, 0) is 4.74 Å². The Morgan fingerprint density at radius 2 is 2.12 bits per heavy atom. The maximum atomic E-state index is 14.3. The molecule has 1 saturated carbocycles. The fraction of sp³-hybridized carbons (Fsp3) is 0.333. The molecular weight excluding hydrogens is 313 g/mol. The number of rotatable bonds is 5. The molecule has 1 aliphatic carbocycles. The van der Waals surface area contributed by atoms with Crippen molar-refractivity contribution in [2.75, 3.05) is 13.2 Å². The zero-order valence-corrected chi connectivity index (χ0v) is 13.3. The van der Waals surface area contributed by atoms with Crippen LogP contribution in [0.3, 0.4) is 0 Å². The first kappa shape index (κ1) is 16.4. The Kier molecular flexibility index (Phi) is 4.24. The highest BCUT2D eigenvalue weighted by Crippen LogP contribution is 2.37. The van der Waals surface area contributed by atoms with E-state index in [1.807, 2.05) is 4.57 Å². The molecule has 3 rings (SSSR count). The van der Waals surface area contributed by atoms with Crippen molar-refractivity contribution in [2.45, 2.75) is 25.8 Å². The van der Waals surface area contributed by atoms with Gasteiger partial charge in [-0.3, -0.25) is 4.79 Å². The number of ether oxygens (including phenoxy) is 1. The van der Waals surface area contributed by atoms with Crippen molar-refractivity contribution in [3.05, 3.63) is 52.1 Å². The summed E-state index contributed by atoms with van der Waals surface area (Å²) >= 11 is 0. The van der Waals surface area contributed by atoms with Crippen LogP contribution in [-0.4, -0.2) is 28.9 Å². The van der Waals surface area contributed by atoms with Gasteiger partial charge in [-0.2, -0.15) is 0 Å². The standard InChI is InChI=1S/C18H18FNO4/c1-3-24-18(23)14-8-20(11-4-5-11)16-7-12(10(2)9-21)15(19)6-13(16)17(14)22/h6-8,11,21H,2-5,9H2,1H3. The molecule has 0 spiro atoms. The summed E-state index contributed by atoms with van der Waals surface area (Å²) < 4.78 is 21.1. The quantitative estimate of drug-likeness (QED) is 0.855. The number of aliphatic hydroxyl groups excluding tert-OH is 1. The van der Waals surface area contributed by atoms with Crippen LogP contribution in [0, 0.1) is 5.82 Å². The summed E-state index contributed by atoms with van der Waals surface area (Å²) in [7, 11) is 0. The first-order chi connectivity index (χ1) is 11.5. The van der Waals surface area contributed by atoms with Crippen molar-refractivity contribution in [3.8, 4) is 0 Å². The van der Waals surface area contributed by atoms with Crippen LogP contribution in [0.2, 0.25) is 0 Å². The Bertz CT molecular complexity index is 896. The predicted octanol–water partition coefficient (Wildman–Crippen LogP) is 2.66. The van der Waals surface area contributed by atoms with Gasteiger partial charge in [0.1, 0.15) is 11.4 Å². The van der Waals surface area contributed by atoms with E-state index in [4.69, 9.17) is 4.74 Å². The highest BCUT2D eigenvalue weighted by molar-refractivity contribution is 5.94. The molecular formula is C18H18FNO4. The Morgan fingerprint density at radius 1 is 1.42 bits per heavy atom. The summed E-state index contributed by atoms with van der Waals surface area (Å²) in [5.41, 5.74) is 0.285. The summed E-state index contributed by atoms with van der Waals surface area (Å²) in [5, 5.41) is 9.33. The van der Waals surface area contributed by atoms with Crippen LogP contribution in [0.4, 0.5) is 4.39 Å². The number of hydrogen-bond acceptors (Lipinski definition) is 4. The summed E-state index contributed by atoms with van der Waals surface area (Å²) in [6.07, 6.45) is 3.34. The van der Waals surface area contributed by atoms with Gasteiger partial charge in [-0.1, -0.05) is 6.58 Å². The zero-order chi connectivity index (χ0) is 17.4. The largest absolute Gasteiger partial charge is 0.462 e. The molecule has 1 aliphatic rings. The number of halogens is 1. The van der Waals surface area contributed by atoms with E-state index in [1.54, 1.807) is 6.92 Å². The SMILES string of the molecule is C=C(CO)c1cc2c(cc1F)c(=O)c(C(=O)OCC)cn2C1CC1. The minimum Gasteiger partial charge on any atom is -0.462 e. The molecule has 0 saturated heterocycles. The number of carbonyl (C=O) groups excluding carboxylic acids is 1. The molecule has 2 aromatic rings. The number of benzene rings is 1. The van der Waals surface area contributed by atoms with Gasteiger partial charge in [-0.15, -0.1) is 0 Å². The first-order valence-corrected chi connectivity index (χ1v) is 7.82. The molecule has 1 N–H and O–H groups in total. The zero-order valence-electron chi connectivity index (χ0n) is 13.3. The average molecular weight is 331 g/mol. The Hall–Kier alpha value is -2.47. The van der Waals surface area contributed by atoms with Crippen LogP contribution in [0.25, 0.3) is 16.5 Å². The molecule has 1 aromatic carbocycles. The number of pyridine rings is 1. The van der Waals surface area contributed by atoms with Crippen molar-refractivity contribution in [2.24, 2.45) is 0 Å². The van der Waals surface area contributed by atoms with Crippen molar-refractivity contribution in [3.63, 3.8) is 0 Å². The van der Waals surface area contributed by atoms with Crippen LogP contribution < -0.4 is 5.43 Å². The summed E-state index contributed by atoms with van der Waals surface area (Å²) in [4.78, 5) is 24.6. The third-order valence-electron chi connectivity index (χ3n) is 4.13. The minimum absolute atomic E-state index is 0.0932. The van der Waals surface area contributed by atoms with E-state index in [9.17, 15) is 19.1 Å². The highest BCUT2D eigenvalue weighted by atomic mass is 19.1. The molecule has 0 bridgehead atoms. The van der Waals surface area contributed by atoms with Crippen LogP contribution in [0.5, 0.6) is 0 Å². The van der Waals surface area contributed by atoms with Crippen LogP contribution in [0.15, 0.2) is 29.7 Å². The summed E-state index contributed by atoms with van der Waals surface area (Å²) in [6.45, 7) is 5.08. The molecule has 1 aromatic heterocycles. The third-order valence-corrected chi connectivity index (χ3v) is 4.13. The van der Waals surface area contributed by atoms with Crippen molar-refractivity contribution < 1.29 is 19.0 Å². The molecule has 1 fully saturated rings. The van der Waals surface area contributed by atoms with Crippen molar-refractivity contribution in [1.82, 2.24) is 4.57 Å². The van der Waals surface area contributed by atoms with Gasteiger partial charge in [0.2, 0.25) is 5.43 Å². The lowest BCUT2D eigenvalue weighted by molar-refractivity contribution is 0.0524. The summed E-state index contributed by atoms with van der Waals surface area (Å²) in [5.74, 6) is -1.36. The molecule has 126 valence electrons. The van der Waals surface area contributed by atoms with Crippen LogP contribution >= 0.6 is 0 Å². The third kappa shape index (κ3) is 2.73. The number of nitrogens with zero attached hydrogens (tertiary/aromatic N) is 1. The normalized spacial score (nSPS) is 14.0. The Morgan fingerprint density at radius 3 is 2.71 bits per heavy atom. The first-order valence-electron chi connectivity index (χ1n) is 7.82. The number of hydrogen-bond donors (Lipinski definition) is 1. The molecule has 5 nitrogen and oxygen atoms in total. The van der Waals surface area contributed by atoms with Gasteiger partial charge in [0.15, 0.2) is 0 Å². The van der Waals surface area contributed by atoms with E-state index in [1.165, 1.54) is 12.3 Å². The van der Waals surface area contributed by atoms with Crippen molar-refractivity contribution in [1.29, 1.82) is 0 Å². The number of aromatic nitrogens is 1. The average Bonchev–Trinajstić information content (AvgIpc) is 3.39. The summed E-state index contributed by atoms with van der Waals surface area (Å²) in [6, 6.07) is 2.79. The topological polar surface area (TPSA) is 68.5 Å². The highest BCUT2D eigenvalue weighted by Gasteiger charge is 2.27. The maximum absolute atomic E-state index is 14.3. The molecule has 6 heteroatoms. The molecule has 0 radical (unpaired) electrons. The molecule has 1 heterocycles. The van der Waals surface area contributed by atoms with Gasteiger partial charge < -0.3 is 14.4 Å². The number of fused-ring (bicyclic) bond motifs is 1. The Balaban J connectivity index is 2.30. The second-order valence-corrected chi connectivity index (χ2v) is 5.84. The second kappa shape index (κ2) is 6.20. The molecule has 0 amide bonds. The van der Waals surface area contributed by atoms with E-state index in [2.05, 4.69) is 6.58 Å². The van der Waals surface area contributed by atoms with Gasteiger partial charge in [-0.25, -0.2) is 9.18 Å². The van der Waals surface area contributed by atoms with E-state index in [0.717, 1.165) is 18.9 Å². The van der Waals surface area contributed by atoms with Gasteiger partial charge in [-0.05, 0) is 37.5 Å². The van der Waals surface area contributed by atoms with Gasteiger partial charge in [0.05, 0.1) is 18.7 Å². The number of esters is 1. The van der Waals surface area contributed by atoms with Gasteiger partial charge in [0, 0.05) is 23.2 Å².